The predicted molar refractivity (Wildman–Crippen MR) is 93.5 cm³/mol. The van der Waals surface area contributed by atoms with E-state index in [1.54, 1.807) is 19.1 Å². The van der Waals surface area contributed by atoms with E-state index >= 15 is 0 Å². The molecule has 3 aliphatic rings. The lowest BCUT2D eigenvalue weighted by molar-refractivity contribution is -0.189. The fourth-order valence-corrected chi connectivity index (χ4v) is 5.49. The maximum atomic E-state index is 13.8. The summed E-state index contributed by atoms with van der Waals surface area (Å²) in [5.41, 5.74) is -3.12. The molecule has 2 unspecified atom stereocenters. The third-order valence-electron chi connectivity index (χ3n) is 7.54. The van der Waals surface area contributed by atoms with Gasteiger partial charge in [-0.3, -0.25) is 4.79 Å². The molecule has 25 heavy (non-hydrogen) atoms. The molecule has 0 aromatic heterocycles. The molecule has 5 nitrogen and oxygen atoms in total. The zero-order chi connectivity index (χ0) is 18.9. The van der Waals surface area contributed by atoms with Gasteiger partial charge >= 0.3 is 0 Å². The first-order valence-corrected chi connectivity index (χ1v) is 9.09. The number of hydrogen-bond acceptors (Lipinski definition) is 5. The molecule has 0 amide bonds. The molecule has 1 fully saturated rings. The van der Waals surface area contributed by atoms with Crippen LogP contribution in [-0.4, -0.2) is 50.6 Å². The number of fused-ring (bicyclic) bond motifs is 1. The molecule has 3 aliphatic carbocycles. The first-order valence-electron chi connectivity index (χ1n) is 9.09. The topological polar surface area (TPSA) is 98.0 Å². The first-order chi connectivity index (χ1) is 11.5. The molecule has 0 aliphatic heterocycles. The minimum absolute atomic E-state index is 0.171. The van der Waals surface area contributed by atoms with Gasteiger partial charge in [0.2, 0.25) is 0 Å². The Morgan fingerprint density at radius 2 is 1.76 bits per heavy atom. The van der Waals surface area contributed by atoms with Crippen LogP contribution < -0.4 is 0 Å². The molecule has 7 atom stereocenters. The monoisotopic (exact) mass is 350 g/mol. The summed E-state index contributed by atoms with van der Waals surface area (Å²) in [6.07, 6.45) is 1.17. The van der Waals surface area contributed by atoms with E-state index in [0.29, 0.717) is 12.0 Å². The molecule has 4 N–H and O–H groups in total. The van der Waals surface area contributed by atoms with Gasteiger partial charge in [-0.25, -0.2) is 0 Å². The standard InChI is InChI=1S/C20H30O5/c1-10-8-19-12(3)6-11(2)18(4,5)14(17(19)24)7-13(9-21)16(23)20(19,25)15(10)22/h7-8,11-12,14-16,21-23,25H,6,9H2,1-5H3/t11-,12?,14-,15+,16-,19?,20-/m1/s1. The first kappa shape index (κ1) is 18.8. The van der Waals surface area contributed by atoms with Crippen molar-refractivity contribution < 1.29 is 25.2 Å². The lowest BCUT2D eigenvalue weighted by atomic mass is 9.59. The molecule has 3 rings (SSSR count). The molecular formula is C20H30O5. The minimum atomic E-state index is -2.06. The van der Waals surface area contributed by atoms with Crippen LogP contribution in [0.25, 0.3) is 0 Å². The number of aliphatic hydroxyl groups excluding tert-OH is 3. The lowest BCUT2D eigenvalue weighted by Gasteiger charge is -2.47. The summed E-state index contributed by atoms with van der Waals surface area (Å²) in [5.74, 6) is -0.779. The summed E-state index contributed by atoms with van der Waals surface area (Å²) in [6, 6.07) is 0. The fourth-order valence-electron chi connectivity index (χ4n) is 5.49. The molecule has 0 aromatic carbocycles. The minimum Gasteiger partial charge on any atom is -0.392 e. The third kappa shape index (κ3) is 2.01. The Kier molecular flexibility index (Phi) is 4.12. The van der Waals surface area contributed by atoms with Gasteiger partial charge in [-0.15, -0.1) is 0 Å². The predicted octanol–water partition coefficient (Wildman–Crippen LogP) is 1.21. The molecule has 0 heterocycles. The van der Waals surface area contributed by atoms with Gasteiger partial charge in [0, 0.05) is 5.92 Å². The van der Waals surface area contributed by atoms with E-state index in [0.717, 1.165) is 0 Å². The SMILES string of the molecule is CC1=CC23C(=O)[C@@H](C=C(CO)[C@@H](O)[C@]2(O)[C@H]1O)C(C)(C)[C@H](C)CC3C. The summed E-state index contributed by atoms with van der Waals surface area (Å²) in [4.78, 5) is 13.8. The van der Waals surface area contributed by atoms with Gasteiger partial charge in [0.1, 0.15) is 17.8 Å². The summed E-state index contributed by atoms with van der Waals surface area (Å²) in [7, 11) is 0. The van der Waals surface area contributed by atoms with Crippen LogP contribution in [0, 0.1) is 28.6 Å². The van der Waals surface area contributed by atoms with E-state index in [4.69, 9.17) is 0 Å². The largest absolute Gasteiger partial charge is 0.392 e. The van der Waals surface area contributed by atoms with Gasteiger partial charge in [-0.1, -0.05) is 39.8 Å². The van der Waals surface area contributed by atoms with E-state index in [9.17, 15) is 25.2 Å². The Morgan fingerprint density at radius 3 is 2.32 bits per heavy atom. The van der Waals surface area contributed by atoms with E-state index in [-0.39, 0.29) is 23.2 Å². The van der Waals surface area contributed by atoms with Crippen molar-refractivity contribution in [2.75, 3.05) is 6.61 Å². The Morgan fingerprint density at radius 1 is 1.16 bits per heavy atom. The summed E-state index contributed by atoms with van der Waals surface area (Å²) >= 11 is 0. The molecule has 2 bridgehead atoms. The lowest BCUT2D eigenvalue weighted by Crippen LogP contribution is -2.65. The number of aliphatic hydroxyl groups is 4. The van der Waals surface area contributed by atoms with Crippen LogP contribution in [0.4, 0.5) is 0 Å². The molecule has 0 radical (unpaired) electrons. The second-order valence-corrected chi connectivity index (χ2v) is 8.99. The highest BCUT2D eigenvalue weighted by Crippen LogP contribution is 2.61. The van der Waals surface area contributed by atoms with Crippen LogP contribution in [0.15, 0.2) is 23.3 Å². The average molecular weight is 350 g/mol. The number of Topliss-reactive ketones (excluding diaryl/α,β-unsaturated/α-hetero) is 1. The van der Waals surface area contributed by atoms with Gasteiger partial charge in [0.15, 0.2) is 5.78 Å². The van der Waals surface area contributed by atoms with Crippen molar-refractivity contribution in [3.05, 3.63) is 23.3 Å². The van der Waals surface area contributed by atoms with Crippen LogP contribution in [0.3, 0.4) is 0 Å². The van der Waals surface area contributed by atoms with E-state index in [1.165, 1.54) is 0 Å². The zero-order valence-corrected chi connectivity index (χ0v) is 15.7. The molecule has 5 heteroatoms. The van der Waals surface area contributed by atoms with E-state index in [1.807, 2.05) is 20.8 Å². The van der Waals surface area contributed by atoms with Crippen LogP contribution in [0.5, 0.6) is 0 Å². The van der Waals surface area contributed by atoms with Crippen molar-refractivity contribution in [1.29, 1.82) is 0 Å². The van der Waals surface area contributed by atoms with E-state index in [2.05, 4.69) is 6.92 Å². The van der Waals surface area contributed by atoms with Gasteiger partial charge in [0.25, 0.3) is 0 Å². The summed E-state index contributed by atoms with van der Waals surface area (Å²) in [5, 5.41) is 43.1. The van der Waals surface area contributed by atoms with Crippen molar-refractivity contribution in [3.63, 3.8) is 0 Å². The Labute approximate surface area is 149 Å². The second kappa shape index (κ2) is 5.49. The summed E-state index contributed by atoms with van der Waals surface area (Å²) in [6.45, 7) is 9.27. The van der Waals surface area contributed by atoms with Gasteiger partial charge < -0.3 is 20.4 Å². The number of allylic oxidation sites excluding steroid dienone is 1. The van der Waals surface area contributed by atoms with Crippen LogP contribution in [0.2, 0.25) is 0 Å². The van der Waals surface area contributed by atoms with Crippen molar-refractivity contribution in [2.24, 2.45) is 28.6 Å². The molecule has 1 spiro atoms. The number of carbonyl (C=O) groups is 1. The third-order valence-corrected chi connectivity index (χ3v) is 7.54. The van der Waals surface area contributed by atoms with Crippen molar-refractivity contribution in [3.8, 4) is 0 Å². The maximum absolute atomic E-state index is 13.8. The van der Waals surface area contributed by atoms with Crippen LogP contribution in [-0.2, 0) is 4.79 Å². The highest BCUT2D eigenvalue weighted by atomic mass is 16.4. The highest BCUT2D eigenvalue weighted by Gasteiger charge is 2.71. The number of rotatable bonds is 1. The number of carbonyl (C=O) groups excluding carboxylic acids is 1. The van der Waals surface area contributed by atoms with Crippen molar-refractivity contribution >= 4 is 5.78 Å². The van der Waals surface area contributed by atoms with Gasteiger partial charge in [-0.05, 0) is 41.7 Å². The normalized spacial score (nSPS) is 49.0. The molecule has 1 saturated carbocycles. The molecular weight excluding hydrogens is 320 g/mol. The van der Waals surface area contributed by atoms with Crippen LogP contribution in [0.1, 0.15) is 41.0 Å². The van der Waals surface area contributed by atoms with Crippen molar-refractivity contribution in [1.82, 2.24) is 0 Å². The fraction of sp³-hybridized carbons (Fsp3) is 0.750. The number of ketones is 1. The Balaban J connectivity index is 2.38. The van der Waals surface area contributed by atoms with Gasteiger partial charge in [0.05, 0.1) is 12.0 Å². The smallest absolute Gasteiger partial charge is 0.153 e. The molecule has 140 valence electrons. The number of hydrogen-bond donors (Lipinski definition) is 4. The van der Waals surface area contributed by atoms with Crippen molar-refractivity contribution in [2.45, 2.75) is 58.8 Å². The Hall–Kier alpha value is -1.01. The Bertz CT molecular complexity index is 663. The highest BCUT2D eigenvalue weighted by molar-refractivity contribution is 5.95. The zero-order valence-electron chi connectivity index (χ0n) is 15.7. The molecule has 0 aromatic rings. The van der Waals surface area contributed by atoms with E-state index < -0.39 is 41.2 Å². The van der Waals surface area contributed by atoms with Gasteiger partial charge in [-0.2, -0.15) is 0 Å². The van der Waals surface area contributed by atoms with Crippen LogP contribution >= 0.6 is 0 Å². The summed E-state index contributed by atoms with van der Waals surface area (Å²) < 4.78 is 0. The molecule has 0 saturated heterocycles. The average Bonchev–Trinajstić information content (AvgIpc) is 2.69. The maximum Gasteiger partial charge on any atom is 0.153 e. The second-order valence-electron chi connectivity index (χ2n) is 8.99. The quantitative estimate of drug-likeness (QED) is 0.533.